The molecule has 0 bridgehead atoms. The van der Waals surface area contributed by atoms with E-state index in [0.29, 0.717) is 16.5 Å². The van der Waals surface area contributed by atoms with Crippen LogP contribution in [0.4, 0.5) is 0 Å². The van der Waals surface area contributed by atoms with E-state index in [2.05, 4.69) is 5.10 Å². The minimum atomic E-state index is -1.02. The zero-order valence-corrected chi connectivity index (χ0v) is 10.6. The number of carboxylic acids is 1. The fourth-order valence-corrected chi connectivity index (χ4v) is 1.89. The molecule has 1 N–H and O–H groups in total. The van der Waals surface area contributed by atoms with Gasteiger partial charge in [-0.15, -0.1) is 0 Å². The zero-order chi connectivity index (χ0) is 13.3. The summed E-state index contributed by atoms with van der Waals surface area (Å²) in [4.78, 5) is 10.9. The summed E-state index contributed by atoms with van der Waals surface area (Å²) in [5, 5.41) is 13.5. The SMILES string of the molecule is COc1ccc(-c2cc(C(=O)O)n(C)n2)cc1Cl. The van der Waals surface area contributed by atoms with Crippen molar-refractivity contribution in [1.82, 2.24) is 9.78 Å². The van der Waals surface area contributed by atoms with Gasteiger partial charge in [-0.3, -0.25) is 4.68 Å². The zero-order valence-electron chi connectivity index (χ0n) is 9.85. The first-order valence-corrected chi connectivity index (χ1v) is 5.52. The second kappa shape index (κ2) is 4.70. The van der Waals surface area contributed by atoms with Gasteiger partial charge in [0.25, 0.3) is 0 Å². The number of carbonyl (C=O) groups is 1. The van der Waals surface area contributed by atoms with Gasteiger partial charge in [0.1, 0.15) is 11.4 Å². The molecule has 0 spiro atoms. The normalized spacial score (nSPS) is 10.4. The van der Waals surface area contributed by atoms with Gasteiger partial charge >= 0.3 is 5.97 Å². The molecule has 0 unspecified atom stereocenters. The van der Waals surface area contributed by atoms with E-state index in [0.717, 1.165) is 5.56 Å². The van der Waals surface area contributed by atoms with E-state index in [-0.39, 0.29) is 5.69 Å². The van der Waals surface area contributed by atoms with Crippen LogP contribution in [0.5, 0.6) is 5.75 Å². The molecular formula is C12H11ClN2O3. The molecule has 0 radical (unpaired) electrons. The third-order valence-corrected chi connectivity index (χ3v) is 2.84. The van der Waals surface area contributed by atoms with Crippen molar-refractivity contribution in [2.45, 2.75) is 0 Å². The van der Waals surface area contributed by atoms with Crippen molar-refractivity contribution in [2.75, 3.05) is 7.11 Å². The maximum atomic E-state index is 10.9. The van der Waals surface area contributed by atoms with Gasteiger partial charge in [0.05, 0.1) is 17.8 Å². The van der Waals surface area contributed by atoms with E-state index in [9.17, 15) is 4.79 Å². The minimum absolute atomic E-state index is 0.122. The van der Waals surface area contributed by atoms with Crippen molar-refractivity contribution < 1.29 is 14.6 Å². The van der Waals surface area contributed by atoms with Crippen LogP contribution in [0.2, 0.25) is 5.02 Å². The number of ether oxygens (including phenoxy) is 1. The van der Waals surface area contributed by atoms with Gasteiger partial charge in [0, 0.05) is 12.6 Å². The van der Waals surface area contributed by atoms with Crippen molar-refractivity contribution in [3.63, 3.8) is 0 Å². The fraction of sp³-hybridized carbons (Fsp3) is 0.167. The van der Waals surface area contributed by atoms with Crippen LogP contribution >= 0.6 is 11.6 Å². The Bertz CT molecular complexity index is 607. The van der Waals surface area contributed by atoms with Crippen molar-refractivity contribution in [3.8, 4) is 17.0 Å². The lowest BCUT2D eigenvalue weighted by atomic mass is 10.1. The van der Waals surface area contributed by atoms with Gasteiger partial charge in [-0.1, -0.05) is 11.6 Å². The number of aryl methyl sites for hydroxylation is 1. The third-order valence-electron chi connectivity index (χ3n) is 2.55. The number of carboxylic acid groups (broad SMARTS) is 1. The maximum Gasteiger partial charge on any atom is 0.354 e. The topological polar surface area (TPSA) is 64.3 Å². The lowest BCUT2D eigenvalue weighted by molar-refractivity contribution is 0.0685. The molecule has 0 fully saturated rings. The van der Waals surface area contributed by atoms with Gasteiger partial charge in [-0.05, 0) is 24.3 Å². The van der Waals surface area contributed by atoms with E-state index in [4.69, 9.17) is 21.4 Å². The van der Waals surface area contributed by atoms with Gasteiger partial charge in [-0.2, -0.15) is 5.10 Å². The Morgan fingerprint density at radius 3 is 2.67 bits per heavy atom. The number of halogens is 1. The van der Waals surface area contributed by atoms with E-state index in [1.165, 1.54) is 17.9 Å². The maximum absolute atomic E-state index is 10.9. The number of hydrogen-bond acceptors (Lipinski definition) is 3. The van der Waals surface area contributed by atoms with Crippen LogP contribution in [-0.2, 0) is 7.05 Å². The highest BCUT2D eigenvalue weighted by Crippen LogP contribution is 2.29. The first-order valence-electron chi connectivity index (χ1n) is 5.14. The van der Waals surface area contributed by atoms with Crippen LogP contribution < -0.4 is 4.74 Å². The predicted octanol–water partition coefficient (Wildman–Crippen LogP) is 2.45. The Morgan fingerprint density at radius 2 is 2.17 bits per heavy atom. The van der Waals surface area contributed by atoms with Gasteiger partial charge in [0.15, 0.2) is 0 Å². The van der Waals surface area contributed by atoms with Gasteiger partial charge < -0.3 is 9.84 Å². The number of aromatic carboxylic acids is 1. The Balaban J connectivity index is 2.46. The van der Waals surface area contributed by atoms with Crippen LogP contribution in [-0.4, -0.2) is 28.0 Å². The minimum Gasteiger partial charge on any atom is -0.495 e. The third kappa shape index (κ3) is 2.17. The second-order valence-electron chi connectivity index (χ2n) is 3.69. The van der Waals surface area contributed by atoms with Gasteiger partial charge in [0.2, 0.25) is 0 Å². The second-order valence-corrected chi connectivity index (χ2v) is 4.10. The summed E-state index contributed by atoms with van der Waals surface area (Å²) in [6.45, 7) is 0. The van der Waals surface area contributed by atoms with Crippen LogP contribution in [0.1, 0.15) is 10.5 Å². The first kappa shape index (κ1) is 12.4. The smallest absolute Gasteiger partial charge is 0.354 e. The monoisotopic (exact) mass is 266 g/mol. The summed E-state index contributed by atoms with van der Waals surface area (Å²) in [7, 11) is 3.11. The van der Waals surface area contributed by atoms with E-state index < -0.39 is 5.97 Å². The lowest BCUT2D eigenvalue weighted by Crippen LogP contribution is -2.04. The molecule has 0 aliphatic heterocycles. The average molecular weight is 267 g/mol. The lowest BCUT2D eigenvalue weighted by Gasteiger charge is -2.03. The van der Waals surface area contributed by atoms with Crippen LogP contribution in [0.15, 0.2) is 24.3 Å². The molecule has 0 saturated carbocycles. The van der Waals surface area contributed by atoms with Crippen LogP contribution in [0, 0.1) is 0 Å². The molecule has 0 aliphatic rings. The summed E-state index contributed by atoms with van der Waals surface area (Å²) in [6, 6.07) is 6.68. The number of benzene rings is 1. The largest absolute Gasteiger partial charge is 0.495 e. The first-order chi connectivity index (χ1) is 8.52. The number of rotatable bonds is 3. The number of hydrogen-bond donors (Lipinski definition) is 1. The molecule has 1 heterocycles. The molecule has 2 rings (SSSR count). The quantitative estimate of drug-likeness (QED) is 0.927. The molecule has 1 aromatic carbocycles. The summed E-state index contributed by atoms with van der Waals surface area (Å²) in [5.41, 5.74) is 1.42. The fourth-order valence-electron chi connectivity index (χ4n) is 1.63. The van der Waals surface area contributed by atoms with E-state index >= 15 is 0 Å². The Morgan fingerprint density at radius 1 is 1.44 bits per heavy atom. The number of nitrogens with zero attached hydrogens (tertiary/aromatic N) is 2. The van der Waals surface area contributed by atoms with Crippen LogP contribution in [0.3, 0.4) is 0 Å². The highest BCUT2D eigenvalue weighted by Gasteiger charge is 2.13. The molecule has 6 heteroatoms. The Kier molecular flexibility index (Phi) is 3.25. The highest BCUT2D eigenvalue weighted by atomic mass is 35.5. The van der Waals surface area contributed by atoms with E-state index in [1.54, 1.807) is 25.2 Å². The average Bonchev–Trinajstić information content (AvgIpc) is 2.71. The molecule has 5 nitrogen and oxygen atoms in total. The van der Waals surface area contributed by atoms with Crippen molar-refractivity contribution in [2.24, 2.45) is 7.05 Å². The van der Waals surface area contributed by atoms with E-state index in [1.807, 2.05) is 0 Å². The summed E-state index contributed by atoms with van der Waals surface area (Å²) in [6.07, 6.45) is 0. The molecule has 0 aliphatic carbocycles. The highest BCUT2D eigenvalue weighted by molar-refractivity contribution is 6.32. The standard InChI is InChI=1S/C12H11ClN2O3/c1-15-10(12(16)17)6-9(14-15)7-3-4-11(18-2)8(13)5-7/h3-6H,1-2H3,(H,16,17). The number of methoxy groups -OCH3 is 1. The predicted molar refractivity (Wildman–Crippen MR) is 67.2 cm³/mol. The van der Waals surface area contributed by atoms with Gasteiger partial charge in [-0.25, -0.2) is 4.79 Å². The molecule has 18 heavy (non-hydrogen) atoms. The molecule has 0 saturated heterocycles. The molecule has 1 aromatic heterocycles. The molecule has 2 aromatic rings. The van der Waals surface area contributed by atoms with Crippen molar-refractivity contribution in [3.05, 3.63) is 35.0 Å². The molecular weight excluding hydrogens is 256 g/mol. The molecule has 0 amide bonds. The summed E-state index contributed by atoms with van der Waals surface area (Å²) in [5.74, 6) is -0.453. The number of aromatic nitrogens is 2. The van der Waals surface area contributed by atoms with Crippen molar-refractivity contribution >= 4 is 17.6 Å². The van der Waals surface area contributed by atoms with Crippen LogP contribution in [0.25, 0.3) is 11.3 Å². The summed E-state index contributed by atoms with van der Waals surface area (Å²) >= 11 is 6.01. The Hall–Kier alpha value is -2.01. The Labute approximate surface area is 109 Å². The summed E-state index contributed by atoms with van der Waals surface area (Å²) < 4.78 is 6.37. The molecule has 94 valence electrons. The molecule has 0 atom stereocenters. The van der Waals surface area contributed by atoms with Crippen molar-refractivity contribution in [1.29, 1.82) is 0 Å².